The molecule has 73 heavy (non-hydrogen) atoms. The monoisotopic (exact) mass is 1020 g/mol. The van der Waals surface area contributed by atoms with Crippen LogP contribution in [0.1, 0.15) is 331 Å². The second kappa shape index (κ2) is 37.0. The minimum absolute atomic E-state index is 0.0289. The Morgan fingerprint density at radius 1 is 0.562 bits per heavy atom. The van der Waals surface area contributed by atoms with Gasteiger partial charge in [-0.25, -0.2) is 0 Å². The van der Waals surface area contributed by atoms with Gasteiger partial charge in [-0.1, -0.05) is 233 Å². The van der Waals surface area contributed by atoms with Crippen molar-refractivity contribution in [1.29, 1.82) is 0 Å². The summed E-state index contributed by atoms with van der Waals surface area (Å²) in [5.74, 6) is 2.91. The molecule has 0 spiro atoms. The zero-order valence-corrected chi connectivity index (χ0v) is 50.3. The summed E-state index contributed by atoms with van der Waals surface area (Å²) < 4.78 is 0. The van der Waals surface area contributed by atoms with Crippen LogP contribution in [-0.2, 0) is 4.79 Å². The van der Waals surface area contributed by atoms with E-state index in [1.807, 2.05) is 0 Å². The zero-order valence-electron chi connectivity index (χ0n) is 50.3. The molecule has 0 aromatic carbocycles. The first kappa shape index (κ1) is 64.6. The zero-order chi connectivity index (χ0) is 52.6. The molecule has 4 aliphatic rings. The van der Waals surface area contributed by atoms with E-state index in [9.17, 15) is 15.0 Å². The summed E-state index contributed by atoms with van der Waals surface area (Å²) in [6, 6.07) is 0. The maximum atomic E-state index is 13.5. The summed E-state index contributed by atoms with van der Waals surface area (Å²) in [6.07, 6.45) is 59.1. The molecule has 428 valence electrons. The Bertz CT molecular complexity index is 1410. The fourth-order valence-corrected chi connectivity index (χ4v) is 16.4. The van der Waals surface area contributed by atoms with Crippen LogP contribution in [0.4, 0.5) is 0 Å². The SMILES string of the molecule is CCCCCCCCCCCC/C(=C\CCNC(=O)CC[C@@H](C)[C@H]1CCC2[C@H]3C(CC[C@@]21C)[C@@]1(C)CC[C@@H](O)C[C@@]1(C)C[C@H]3O)CCCN(CCCCCCCCCCCC)CCCCCCCCCCCC. The number of fused-ring (bicyclic) bond motifs is 5. The van der Waals surface area contributed by atoms with E-state index in [4.69, 9.17) is 0 Å². The predicted molar refractivity (Wildman–Crippen MR) is 317 cm³/mol. The quantitative estimate of drug-likeness (QED) is 0.0420. The number of aliphatic hydroxyl groups is 2. The Morgan fingerprint density at radius 2 is 1.04 bits per heavy atom. The van der Waals surface area contributed by atoms with Crippen LogP contribution in [0.5, 0.6) is 0 Å². The number of carbonyl (C=O) groups is 1. The Hall–Kier alpha value is -0.910. The van der Waals surface area contributed by atoms with Crippen LogP contribution in [0.25, 0.3) is 0 Å². The van der Waals surface area contributed by atoms with Crippen LogP contribution >= 0.6 is 0 Å². The highest BCUT2D eigenvalue weighted by Crippen LogP contribution is 2.71. The molecule has 4 saturated carbocycles. The topological polar surface area (TPSA) is 72.8 Å². The maximum absolute atomic E-state index is 13.5. The highest BCUT2D eigenvalue weighted by molar-refractivity contribution is 5.75. The normalized spacial score (nSPS) is 28.5. The van der Waals surface area contributed by atoms with Crippen LogP contribution in [0, 0.1) is 45.8 Å². The number of hydrogen-bond donors (Lipinski definition) is 3. The van der Waals surface area contributed by atoms with Gasteiger partial charge in [0.2, 0.25) is 5.91 Å². The van der Waals surface area contributed by atoms with Gasteiger partial charge in [0.1, 0.15) is 0 Å². The molecular weight excluding hydrogens is 893 g/mol. The van der Waals surface area contributed by atoms with E-state index in [1.54, 1.807) is 5.57 Å². The molecule has 10 atom stereocenters. The molecule has 0 bridgehead atoms. The van der Waals surface area contributed by atoms with E-state index >= 15 is 0 Å². The van der Waals surface area contributed by atoms with Crippen molar-refractivity contribution in [1.82, 2.24) is 10.2 Å². The summed E-state index contributed by atoms with van der Waals surface area (Å²) in [5, 5.41) is 26.0. The molecule has 3 N–H and O–H groups in total. The fraction of sp³-hybridized carbons (Fsp3) is 0.956. The first-order chi connectivity index (χ1) is 35.4. The van der Waals surface area contributed by atoms with Crippen LogP contribution < -0.4 is 5.32 Å². The number of amides is 1. The summed E-state index contributed by atoms with van der Waals surface area (Å²) in [5.41, 5.74) is 2.15. The van der Waals surface area contributed by atoms with Crippen molar-refractivity contribution in [2.45, 2.75) is 343 Å². The molecule has 0 heterocycles. The molecule has 2 unspecified atom stereocenters. The first-order valence-electron chi connectivity index (χ1n) is 33.5. The van der Waals surface area contributed by atoms with E-state index < -0.39 is 0 Å². The molecule has 4 fully saturated rings. The Labute approximate surface area is 456 Å². The molecule has 4 rings (SSSR count). The van der Waals surface area contributed by atoms with Crippen LogP contribution in [0.2, 0.25) is 0 Å². The number of carbonyl (C=O) groups excluding carboxylic acids is 1. The predicted octanol–water partition coefficient (Wildman–Crippen LogP) is 19.5. The molecule has 5 nitrogen and oxygen atoms in total. The highest BCUT2D eigenvalue weighted by Gasteiger charge is 2.66. The molecule has 1 amide bonds. The molecule has 0 aromatic rings. The molecule has 0 aromatic heterocycles. The van der Waals surface area contributed by atoms with Crippen LogP contribution in [0.15, 0.2) is 11.6 Å². The van der Waals surface area contributed by atoms with Gasteiger partial charge in [0.25, 0.3) is 0 Å². The Kier molecular flexibility index (Phi) is 32.8. The minimum atomic E-state index is -0.254. The second-order valence-corrected chi connectivity index (χ2v) is 26.9. The molecular formula is C68H128N2O3. The summed E-state index contributed by atoms with van der Waals surface area (Å²) in [6.45, 7) is 21.4. The number of unbranched alkanes of at least 4 members (excludes halogenated alkanes) is 27. The third-order valence-corrected chi connectivity index (χ3v) is 21.3. The van der Waals surface area contributed by atoms with Crippen molar-refractivity contribution in [3.8, 4) is 0 Å². The van der Waals surface area contributed by atoms with E-state index in [0.717, 1.165) is 45.1 Å². The molecule has 0 aliphatic heterocycles. The number of hydrogen-bond acceptors (Lipinski definition) is 4. The van der Waals surface area contributed by atoms with Crippen molar-refractivity contribution in [2.75, 3.05) is 26.2 Å². The van der Waals surface area contributed by atoms with Crippen molar-refractivity contribution in [2.24, 2.45) is 45.8 Å². The second-order valence-electron chi connectivity index (χ2n) is 26.9. The van der Waals surface area contributed by atoms with Crippen molar-refractivity contribution in [3.05, 3.63) is 11.6 Å². The number of rotatable bonds is 44. The van der Waals surface area contributed by atoms with Crippen LogP contribution in [-0.4, -0.2) is 59.4 Å². The Morgan fingerprint density at radius 3 is 1.58 bits per heavy atom. The lowest BCUT2D eigenvalue weighted by Crippen LogP contribution is -2.62. The van der Waals surface area contributed by atoms with Crippen LogP contribution in [0.3, 0.4) is 0 Å². The molecule has 5 heteroatoms. The number of aliphatic hydroxyl groups excluding tert-OH is 2. The van der Waals surface area contributed by atoms with Gasteiger partial charge in [-0.2, -0.15) is 0 Å². The molecule has 4 aliphatic carbocycles. The minimum Gasteiger partial charge on any atom is -0.393 e. The number of allylic oxidation sites excluding steroid dienone is 1. The summed E-state index contributed by atoms with van der Waals surface area (Å²) in [7, 11) is 0. The lowest BCUT2D eigenvalue weighted by Gasteiger charge is -2.66. The maximum Gasteiger partial charge on any atom is 0.220 e. The van der Waals surface area contributed by atoms with Gasteiger partial charge in [-0.3, -0.25) is 4.79 Å². The van der Waals surface area contributed by atoms with Gasteiger partial charge in [0.05, 0.1) is 12.2 Å². The van der Waals surface area contributed by atoms with E-state index in [1.165, 1.54) is 257 Å². The van der Waals surface area contributed by atoms with Crippen molar-refractivity contribution >= 4 is 5.91 Å². The lowest BCUT2D eigenvalue weighted by atomic mass is 9.39. The fourth-order valence-electron chi connectivity index (χ4n) is 16.4. The number of nitrogens with one attached hydrogen (secondary N) is 1. The summed E-state index contributed by atoms with van der Waals surface area (Å²) in [4.78, 5) is 16.3. The smallest absolute Gasteiger partial charge is 0.220 e. The lowest BCUT2D eigenvalue weighted by molar-refractivity contribution is -0.210. The summed E-state index contributed by atoms with van der Waals surface area (Å²) >= 11 is 0. The Balaban J connectivity index is 1.23. The number of nitrogens with zero attached hydrogens (tertiary/aromatic N) is 1. The van der Waals surface area contributed by atoms with Gasteiger partial charge in [-0.15, -0.1) is 0 Å². The van der Waals surface area contributed by atoms with E-state index in [-0.39, 0.29) is 34.4 Å². The molecule has 0 saturated heterocycles. The molecule has 0 radical (unpaired) electrons. The average Bonchev–Trinajstić information content (AvgIpc) is 3.73. The van der Waals surface area contributed by atoms with Crippen molar-refractivity contribution in [3.63, 3.8) is 0 Å². The van der Waals surface area contributed by atoms with Crippen molar-refractivity contribution < 1.29 is 15.0 Å². The standard InChI is InChI=1S/C68H128N2O3/c1-8-11-14-17-20-23-26-29-32-35-40-58(42-39-54-70(52-36-33-30-27-24-21-18-15-12-9-2)53-37-34-31-28-25-22-19-16-13-10-3)41-38-51-69-64(73)46-43-57(4)60-44-45-61-65-62(48-49-67(60,61)6)68(7)50-47-59(71)55-66(68,5)56-63(65)72/h41,57,59-63,65,71-72H,8-40,42-56H2,1-7H3,(H,69,73)/b58-41+/t57-,59-,60-,61?,62?,63-,65+,66+,67-,68-/m1/s1. The highest BCUT2D eigenvalue weighted by atomic mass is 16.3. The van der Waals surface area contributed by atoms with Gasteiger partial charge >= 0.3 is 0 Å². The third kappa shape index (κ3) is 22.4. The largest absolute Gasteiger partial charge is 0.393 e. The first-order valence-corrected chi connectivity index (χ1v) is 33.5. The van der Waals surface area contributed by atoms with Gasteiger partial charge in [-0.05, 0) is 168 Å². The van der Waals surface area contributed by atoms with E-state index in [2.05, 4.69) is 64.8 Å². The van der Waals surface area contributed by atoms with Gasteiger partial charge in [0, 0.05) is 13.0 Å². The van der Waals surface area contributed by atoms with Gasteiger partial charge in [0.15, 0.2) is 0 Å². The third-order valence-electron chi connectivity index (χ3n) is 21.3. The van der Waals surface area contributed by atoms with E-state index in [0.29, 0.717) is 36.0 Å². The van der Waals surface area contributed by atoms with Gasteiger partial charge < -0.3 is 20.4 Å². The average molecular weight is 1020 g/mol.